The van der Waals surface area contributed by atoms with E-state index in [9.17, 15) is 14.0 Å². The lowest BCUT2D eigenvalue weighted by Crippen LogP contribution is -2.48. The molecule has 0 aromatic heterocycles. The molecule has 0 radical (unpaired) electrons. The fraction of sp³-hybridized carbons (Fsp3) is 0.353. The van der Waals surface area contributed by atoms with E-state index >= 15 is 0 Å². The third kappa shape index (κ3) is 3.15. The summed E-state index contributed by atoms with van der Waals surface area (Å²) in [5, 5.41) is 15.7. The average Bonchev–Trinajstić information content (AvgIpc) is 3.15. The Morgan fingerprint density at radius 1 is 1.46 bits per heavy atom. The quantitative estimate of drug-likeness (QED) is 0.883. The molecule has 7 heteroatoms. The Balaban J connectivity index is 1.62. The number of aliphatic carboxylic acids is 1. The number of carbonyl (C=O) groups excluding carboxylic acids is 1. The number of carboxylic acid groups (broad SMARTS) is 1. The Morgan fingerprint density at radius 2 is 2.25 bits per heavy atom. The van der Waals surface area contributed by atoms with Gasteiger partial charge in [-0.15, -0.1) is 0 Å². The Bertz CT molecular complexity index is 759. The van der Waals surface area contributed by atoms with Gasteiger partial charge in [-0.1, -0.05) is 23.4 Å². The van der Waals surface area contributed by atoms with Crippen LogP contribution in [0.25, 0.3) is 0 Å². The lowest BCUT2D eigenvalue weighted by Gasteiger charge is -2.23. The number of rotatable bonds is 4. The van der Waals surface area contributed by atoms with Gasteiger partial charge in [-0.2, -0.15) is 0 Å². The molecule has 0 saturated carbocycles. The van der Waals surface area contributed by atoms with E-state index in [4.69, 9.17) is 9.94 Å². The van der Waals surface area contributed by atoms with Crippen molar-refractivity contribution in [1.29, 1.82) is 0 Å². The maximum Gasteiger partial charge on any atom is 0.331 e. The van der Waals surface area contributed by atoms with Crippen LogP contribution in [0.5, 0.6) is 0 Å². The van der Waals surface area contributed by atoms with Gasteiger partial charge in [0.05, 0.1) is 5.71 Å². The van der Waals surface area contributed by atoms with Crippen LogP contribution in [0.3, 0.4) is 0 Å². The Labute approximate surface area is 138 Å². The highest BCUT2D eigenvalue weighted by atomic mass is 19.1. The number of oxime groups is 1. The number of nitrogens with one attached hydrogen (secondary N) is 1. The number of amides is 1. The first-order chi connectivity index (χ1) is 11.4. The second-order valence-corrected chi connectivity index (χ2v) is 6.19. The summed E-state index contributed by atoms with van der Waals surface area (Å²) in [4.78, 5) is 28.7. The number of hydrogen-bond donors (Lipinski definition) is 2. The van der Waals surface area contributed by atoms with Gasteiger partial charge in [0.1, 0.15) is 5.82 Å². The first-order valence-electron chi connectivity index (χ1n) is 7.62. The van der Waals surface area contributed by atoms with E-state index in [1.807, 2.05) is 0 Å². The Hall–Kier alpha value is -2.70. The summed E-state index contributed by atoms with van der Waals surface area (Å²) >= 11 is 0. The molecule has 1 aliphatic heterocycles. The van der Waals surface area contributed by atoms with Crippen molar-refractivity contribution in [2.75, 3.05) is 0 Å². The summed E-state index contributed by atoms with van der Waals surface area (Å²) in [5.41, 5.74) is 0.188. The maximum absolute atomic E-state index is 13.3. The molecule has 0 saturated heterocycles. The zero-order chi connectivity index (χ0) is 17.3. The van der Waals surface area contributed by atoms with Gasteiger partial charge >= 0.3 is 5.97 Å². The van der Waals surface area contributed by atoms with Crippen LogP contribution in [-0.4, -0.2) is 34.3 Å². The van der Waals surface area contributed by atoms with Gasteiger partial charge in [-0.3, -0.25) is 4.79 Å². The first-order valence-corrected chi connectivity index (χ1v) is 7.62. The summed E-state index contributed by atoms with van der Waals surface area (Å²) in [6, 6.07) is 5.68. The van der Waals surface area contributed by atoms with Crippen LogP contribution in [0.2, 0.25) is 0 Å². The fourth-order valence-electron chi connectivity index (χ4n) is 2.82. The summed E-state index contributed by atoms with van der Waals surface area (Å²) in [6.07, 6.45) is 2.59. The van der Waals surface area contributed by atoms with E-state index < -0.39 is 11.6 Å². The van der Waals surface area contributed by atoms with Crippen LogP contribution in [-0.2, 0) is 14.4 Å². The van der Waals surface area contributed by atoms with Gasteiger partial charge in [-0.05, 0) is 31.9 Å². The first kappa shape index (κ1) is 16.2. The van der Waals surface area contributed by atoms with Gasteiger partial charge in [0, 0.05) is 23.6 Å². The van der Waals surface area contributed by atoms with Crippen LogP contribution in [0.15, 0.2) is 41.1 Å². The number of carboxylic acids is 1. The molecule has 6 nitrogen and oxygen atoms in total. The molecule has 2 N–H and O–H groups in total. The maximum atomic E-state index is 13.3. The van der Waals surface area contributed by atoms with Crippen molar-refractivity contribution >= 4 is 17.6 Å². The lowest BCUT2D eigenvalue weighted by atomic mass is 9.94. The number of carbonyl (C=O) groups is 2. The van der Waals surface area contributed by atoms with Crippen LogP contribution < -0.4 is 5.32 Å². The predicted octanol–water partition coefficient (Wildman–Crippen LogP) is 2.00. The van der Waals surface area contributed by atoms with Crippen molar-refractivity contribution in [3.8, 4) is 0 Å². The third-order valence-electron chi connectivity index (χ3n) is 4.23. The summed E-state index contributed by atoms with van der Waals surface area (Å²) in [5.74, 6) is -1.71. The molecular weight excluding hydrogens is 315 g/mol. The van der Waals surface area contributed by atoms with E-state index in [0.717, 1.165) is 0 Å². The highest BCUT2D eigenvalue weighted by molar-refractivity contribution is 6.05. The topological polar surface area (TPSA) is 88.0 Å². The van der Waals surface area contributed by atoms with Crippen LogP contribution in [0.4, 0.5) is 4.39 Å². The number of benzene rings is 1. The highest BCUT2D eigenvalue weighted by Crippen LogP contribution is 2.28. The van der Waals surface area contributed by atoms with E-state index in [2.05, 4.69) is 10.5 Å². The molecule has 3 rings (SSSR count). The van der Waals surface area contributed by atoms with Crippen molar-refractivity contribution in [2.24, 2.45) is 5.16 Å². The minimum absolute atomic E-state index is 0.216. The zero-order valence-electron chi connectivity index (χ0n) is 13.1. The van der Waals surface area contributed by atoms with Crippen molar-refractivity contribution in [3.63, 3.8) is 0 Å². The summed E-state index contributed by atoms with van der Waals surface area (Å²) in [7, 11) is 0. The van der Waals surface area contributed by atoms with Gasteiger partial charge in [0.15, 0.2) is 0 Å². The Kier molecular flexibility index (Phi) is 4.09. The molecule has 2 atom stereocenters. The number of hydrogen-bond acceptors (Lipinski definition) is 4. The monoisotopic (exact) mass is 332 g/mol. The van der Waals surface area contributed by atoms with Gasteiger partial charge < -0.3 is 15.3 Å². The zero-order valence-corrected chi connectivity index (χ0v) is 13.1. The standard InChI is InChI=1S/C17H17FN2O4/c1-17(16(23)19-13-6-5-11(8-13)15(21)22)9-14(20-24-17)10-3-2-4-12(18)7-10/h2-5,7,13H,6,8-9H2,1H3,(H,19,23)(H,21,22)/t13-,17?/m1/s1. The van der Waals surface area contributed by atoms with E-state index in [1.54, 1.807) is 25.1 Å². The SMILES string of the molecule is CC1(C(=O)N[C@@H]2CC=C(C(=O)O)C2)CC(c2cccc(F)c2)=NO1. The molecule has 1 aromatic carbocycles. The molecule has 0 bridgehead atoms. The molecule has 0 spiro atoms. The fourth-order valence-corrected chi connectivity index (χ4v) is 2.82. The molecule has 1 aliphatic carbocycles. The van der Waals surface area contributed by atoms with Gasteiger partial charge in [0.2, 0.25) is 5.60 Å². The molecule has 24 heavy (non-hydrogen) atoms. The van der Waals surface area contributed by atoms with E-state index in [1.165, 1.54) is 12.1 Å². The van der Waals surface area contributed by atoms with Crippen LogP contribution >= 0.6 is 0 Å². The summed E-state index contributed by atoms with van der Waals surface area (Å²) in [6.45, 7) is 1.61. The highest BCUT2D eigenvalue weighted by Gasteiger charge is 2.43. The third-order valence-corrected chi connectivity index (χ3v) is 4.23. The predicted molar refractivity (Wildman–Crippen MR) is 83.9 cm³/mol. The molecule has 0 fully saturated rings. The minimum atomic E-state index is -1.19. The largest absolute Gasteiger partial charge is 0.478 e. The molecule has 126 valence electrons. The smallest absolute Gasteiger partial charge is 0.331 e. The van der Waals surface area contributed by atoms with Gasteiger partial charge in [0.25, 0.3) is 5.91 Å². The summed E-state index contributed by atoms with van der Waals surface area (Å²) < 4.78 is 13.3. The van der Waals surface area contributed by atoms with Crippen molar-refractivity contribution in [1.82, 2.24) is 5.32 Å². The lowest BCUT2D eigenvalue weighted by molar-refractivity contribution is -0.142. The van der Waals surface area contributed by atoms with Crippen molar-refractivity contribution in [3.05, 3.63) is 47.3 Å². The molecule has 1 unspecified atom stereocenters. The van der Waals surface area contributed by atoms with Crippen LogP contribution in [0.1, 0.15) is 31.7 Å². The van der Waals surface area contributed by atoms with Gasteiger partial charge in [-0.25, -0.2) is 9.18 Å². The normalized spacial score (nSPS) is 25.7. The molecule has 1 amide bonds. The average molecular weight is 332 g/mol. The molecule has 2 aliphatic rings. The van der Waals surface area contributed by atoms with E-state index in [-0.39, 0.29) is 30.6 Å². The number of halogens is 1. The molecule has 1 aromatic rings. The second kappa shape index (κ2) is 6.07. The Morgan fingerprint density at radius 3 is 2.92 bits per heavy atom. The number of nitrogens with zero attached hydrogens (tertiary/aromatic N) is 1. The molecular formula is C17H17FN2O4. The second-order valence-electron chi connectivity index (χ2n) is 6.19. The van der Waals surface area contributed by atoms with Crippen molar-refractivity contribution in [2.45, 2.75) is 37.8 Å². The minimum Gasteiger partial charge on any atom is -0.478 e. The molecule has 1 heterocycles. The van der Waals surface area contributed by atoms with E-state index in [0.29, 0.717) is 23.3 Å². The van der Waals surface area contributed by atoms with Crippen molar-refractivity contribution < 1.29 is 23.9 Å². The van der Waals surface area contributed by atoms with Crippen LogP contribution in [0, 0.1) is 5.82 Å².